The summed E-state index contributed by atoms with van der Waals surface area (Å²) in [6.07, 6.45) is 0.868. The molecule has 7 heteroatoms. The van der Waals surface area contributed by atoms with Crippen molar-refractivity contribution in [3.05, 3.63) is 64.5 Å². The number of nitrogens with one attached hydrogen (secondary N) is 1. The zero-order valence-electron chi connectivity index (χ0n) is 14.0. The fraction of sp³-hybridized carbons (Fsp3) is 0.316. The van der Waals surface area contributed by atoms with Crippen molar-refractivity contribution in [1.82, 2.24) is 5.32 Å². The minimum absolute atomic E-state index is 0.117. The number of ether oxygens (including phenoxy) is 2. The molecule has 0 aromatic heterocycles. The molecule has 4 nitrogen and oxygen atoms in total. The van der Waals surface area contributed by atoms with Gasteiger partial charge >= 0.3 is 0 Å². The molecule has 0 radical (unpaired) electrons. The molecule has 0 bridgehead atoms. The maximum Gasteiger partial charge on any atom is 0.220 e. The smallest absolute Gasteiger partial charge is 0.220 e. The van der Waals surface area contributed by atoms with E-state index in [9.17, 15) is 18.0 Å². The van der Waals surface area contributed by atoms with Crippen LogP contribution in [-0.4, -0.2) is 19.2 Å². The second-order valence-electron chi connectivity index (χ2n) is 6.01. The lowest BCUT2D eigenvalue weighted by Crippen LogP contribution is -2.26. The molecule has 0 fully saturated rings. The summed E-state index contributed by atoms with van der Waals surface area (Å²) in [5.74, 6) is -1.83. The van der Waals surface area contributed by atoms with Gasteiger partial charge < -0.3 is 14.8 Å². The van der Waals surface area contributed by atoms with Crippen LogP contribution in [0.4, 0.5) is 13.2 Å². The number of carbonyl (C=O) groups excluding carboxylic acids is 1. The molecular formula is C19H18F3NO3. The SMILES string of the molecule is O=C(CCc1ccc(F)c(F)c1)NCCc1cc(F)cc2c1OCOC2. The predicted octanol–water partition coefficient (Wildman–Crippen LogP) is 3.26. The van der Waals surface area contributed by atoms with Crippen molar-refractivity contribution < 1.29 is 27.4 Å². The Labute approximate surface area is 148 Å². The van der Waals surface area contributed by atoms with Crippen LogP contribution in [0.3, 0.4) is 0 Å². The van der Waals surface area contributed by atoms with Crippen LogP contribution in [0.2, 0.25) is 0 Å². The Morgan fingerprint density at radius 2 is 1.92 bits per heavy atom. The molecule has 0 unspecified atom stereocenters. The topological polar surface area (TPSA) is 47.6 Å². The van der Waals surface area contributed by atoms with Gasteiger partial charge in [-0.3, -0.25) is 4.79 Å². The fourth-order valence-corrected chi connectivity index (χ4v) is 2.82. The Morgan fingerprint density at radius 1 is 1.08 bits per heavy atom. The van der Waals surface area contributed by atoms with E-state index in [0.29, 0.717) is 48.4 Å². The van der Waals surface area contributed by atoms with Crippen LogP contribution >= 0.6 is 0 Å². The number of carbonyl (C=O) groups is 1. The maximum absolute atomic E-state index is 13.7. The molecule has 3 rings (SSSR count). The number of fused-ring (bicyclic) bond motifs is 1. The van der Waals surface area contributed by atoms with Gasteiger partial charge in [-0.1, -0.05) is 6.07 Å². The number of aryl methyl sites for hydroxylation is 1. The average molecular weight is 365 g/mol. The summed E-state index contributed by atoms with van der Waals surface area (Å²) in [6, 6.07) is 6.33. The molecule has 1 N–H and O–H groups in total. The molecule has 0 spiro atoms. The highest BCUT2D eigenvalue weighted by Crippen LogP contribution is 2.29. The number of halogens is 3. The highest BCUT2D eigenvalue weighted by Gasteiger charge is 2.17. The lowest BCUT2D eigenvalue weighted by molar-refractivity contribution is -0.121. The van der Waals surface area contributed by atoms with Gasteiger partial charge in [0.15, 0.2) is 18.4 Å². The van der Waals surface area contributed by atoms with Crippen LogP contribution in [-0.2, 0) is 29.0 Å². The summed E-state index contributed by atoms with van der Waals surface area (Å²) in [4.78, 5) is 11.9. The minimum Gasteiger partial charge on any atom is -0.467 e. The van der Waals surface area contributed by atoms with Crippen molar-refractivity contribution in [2.75, 3.05) is 13.3 Å². The van der Waals surface area contributed by atoms with Crippen molar-refractivity contribution in [1.29, 1.82) is 0 Å². The number of amides is 1. The highest BCUT2D eigenvalue weighted by atomic mass is 19.2. The molecule has 2 aromatic rings. The molecule has 1 heterocycles. The molecule has 1 amide bonds. The standard InChI is InChI=1S/C19H18F3NO3/c20-15-8-13(19-14(9-15)10-25-11-26-19)5-6-23-18(24)4-2-12-1-3-16(21)17(22)7-12/h1,3,7-9H,2,4-6,10-11H2,(H,23,24). The third-order valence-corrected chi connectivity index (χ3v) is 4.09. The van der Waals surface area contributed by atoms with Crippen molar-refractivity contribution >= 4 is 5.91 Å². The van der Waals surface area contributed by atoms with Crippen LogP contribution in [0.25, 0.3) is 0 Å². The molecule has 26 heavy (non-hydrogen) atoms. The van der Waals surface area contributed by atoms with Crippen molar-refractivity contribution in [3.8, 4) is 5.75 Å². The Kier molecular flexibility index (Phi) is 5.78. The van der Waals surface area contributed by atoms with Gasteiger partial charge in [0.25, 0.3) is 0 Å². The largest absolute Gasteiger partial charge is 0.467 e. The molecule has 0 saturated heterocycles. The maximum atomic E-state index is 13.7. The lowest BCUT2D eigenvalue weighted by Gasteiger charge is -2.21. The highest BCUT2D eigenvalue weighted by molar-refractivity contribution is 5.76. The van der Waals surface area contributed by atoms with Gasteiger partial charge in [0.05, 0.1) is 6.61 Å². The van der Waals surface area contributed by atoms with E-state index in [1.54, 1.807) is 0 Å². The van der Waals surface area contributed by atoms with Crippen molar-refractivity contribution in [2.45, 2.75) is 25.9 Å². The van der Waals surface area contributed by atoms with Gasteiger partial charge in [0, 0.05) is 18.5 Å². The van der Waals surface area contributed by atoms with Crippen LogP contribution in [0.5, 0.6) is 5.75 Å². The number of hydrogen-bond donors (Lipinski definition) is 1. The lowest BCUT2D eigenvalue weighted by atomic mass is 10.1. The third kappa shape index (κ3) is 4.54. The summed E-state index contributed by atoms with van der Waals surface area (Å²) >= 11 is 0. The zero-order valence-corrected chi connectivity index (χ0v) is 14.0. The van der Waals surface area contributed by atoms with E-state index in [1.807, 2.05) is 0 Å². The summed E-state index contributed by atoms with van der Waals surface area (Å²) in [5.41, 5.74) is 1.87. The van der Waals surface area contributed by atoms with E-state index in [-0.39, 0.29) is 24.9 Å². The zero-order chi connectivity index (χ0) is 18.5. The van der Waals surface area contributed by atoms with Gasteiger partial charge in [-0.15, -0.1) is 0 Å². The molecule has 0 saturated carbocycles. The van der Waals surface area contributed by atoms with Crippen LogP contribution in [0.1, 0.15) is 23.1 Å². The first-order chi connectivity index (χ1) is 12.5. The average Bonchev–Trinajstić information content (AvgIpc) is 2.62. The molecule has 1 aliphatic heterocycles. The summed E-state index contributed by atoms with van der Waals surface area (Å²) < 4.78 is 50.2. The third-order valence-electron chi connectivity index (χ3n) is 4.09. The molecule has 0 atom stereocenters. The van der Waals surface area contributed by atoms with Gasteiger partial charge in [-0.05, 0) is 48.2 Å². The second-order valence-corrected chi connectivity index (χ2v) is 6.01. The Morgan fingerprint density at radius 3 is 2.73 bits per heavy atom. The quantitative estimate of drug-likeness (QED) is 0.855. The Bertz CT molecular complexity index is 811. The van der Waals surface area contributed by atoms with E-state index in [2.05, 4.69) is 5.32 Å². The molecule has 1 aliphatic rings. The monoisotopic (exact) mass is 365 g/mol. The normalized spacial score (nSPS) is 13.0. The van der Waals surface area contributed by atoms with Gasteiger partial charge in [0.2, 0.25) is 5.91 Å². The van der Waals surface area contributed by atoms with Gasteiger partial charge in [0.1, 0.15) is 11.6 Å². The van der Waals surface area contributed by atoms with Crippen molar-refractivity contribution in [3.63, 3.8) is 0 Å². The van der Waals surface area contributed by atoms with E-state index in [1.165, 1.54) is 18.2 Å². The summed E-state index contributed by atoms with van der Waals surface area (Å²) in [7, 11) is 0. The van der Waals surface area contributed by atoms with E-state index >= 15 is 0 Å². The number of benzene rings is 2. The Balaban J connectivity index is 1.49. The van der Waals surface area contributed by atoms with Crippen LogP contribution < -0.4 is 10.1 Å². The summed E-state index contributed by atoms with van der Waals surface area (Å²) in [6.45, 7) is 0.726. The van der Waals surface area contributed by atoms with E-state index in [0.717, 1.165) is 12.1 Å². The molecule has 0 aliphatic carbocycles. The Hall–Kier alpha value is -2.54. The number of hydrogen-bond acceptors (Lipinski definition) is 3. The van der Waals surface area contributed by atoms with Crippen LogP contribution in [0, 0.1) is 17.5 Å². The fourth-order valence-electron chi connectivity index (χ4n) is 2.82. The molecule has 2 aromatic carbocycles. The number of rotatable bonds is 6. The first kappa shape index (κ1) is 18.3. The molecule has 138 valence electrons. The van der Waals surface area contributed by atoms with Gasteiger partial charge in [-0.2, -0.15) is 0 Å². The summed E-state index contributed by atoms with van der Waals surface area (Å²) in [5, 5.41) is 2.74. The first-order valence-corrected chi connectivity index (χ1v) is 8.25. The van der Waals surface area contributed by atoms with Gasteiger partial charge in [-0.25, -0.2) is 13.2 Å². The van der Waals surface area contributed by atoms with E-state index < -0.39 is 11.6 Å². The second kappa shape index (κ2) is 8.23. The van der Waals surface area contributed by atoms with E-state index in [4.69, 9.17) is 9.47 Å². The van der Waals surface area contributed by atoms with Crippen molar-refractivity contribution in [2.24, 2.45) is 0 Å². The first-order valence-electron chi connectivity index (χ1n) is 8.25. The molecular weight excluding hydrogens is 347 g/mol. The minimum atomic E-state index is -0.928. The predicted molar refractivity (Wildman–Crippen MR) is 88.1 cm³/mol. The van der Waals surface area contributed by atoms with Crippen LogP contribution in [0.15, 0.2) is 30.3 Å².